The monoisotopic (exact) mass is 436 g/mol. The van der Waals surface area contributed by atoms with Crippen LogP contribution in [0.3, 0.4) is 0 Å². The maximum absolute atomic E-state index is 12.7. The average Bonchev–Trinajstić information content (AvgIpc) is 3.41. The van der Waals surface area contributed by atoms with Gasteiger partial charge in [-0.1, -0.05) is 12.1 Å². The van der Waals surface area contributed by atoms with Crippen molar-refractivity contribution in [2.24, 2.45) is 0 Å². The Kier molecular flexibility index (Phi) is 6.31. The zero-order valence-corrected chi connectivity index (χ0v) is 17.8. The van der Waals surface area contributed by atoms with Gasteiger partial charge in [-0.2, -0.15) is 5.26 Å². The predicted molar refractivity (Wildman–Crippen MR) is 120 cm³/mol. The number of carbonyl (C=O) groups excluding carboxylic acids is 2. The first-order valence-corrected chi connectivity index (χ1v) is 11.6. The number of benzene rings is 2. The van der Waals surface area contributed by atoms with Crippen molar-refractivity contribution in [3.8, 4) is 6.07 Å². The number of aromatic nitrogens is 1. The van der Waals surface area contributed by atoms with Crippen LogP contribution in [0.5, 0.6) is 0 Å². The van der Waals surface area contributed by atoms with Gasteiger partial charge in [0.05, 0.1) is 32.7 Å². The lowest BCUT2D eigenvalue weighted by Gasteiger charge is -2.23. The van der Waals surface area contributed by atoms with Gasteiger partial charge in [0, 0.05) is 17.9 Å². The lowest BCUT2D eigenvalue weighted by atomic mass is 10.2. The van der Waals surface area contributed by atoms with Crippen molar-refractivity contribution in [1.82, 2.24) is 9.88 Å². The van der Waals surface area contributed by atoms with Crippen LogP contribution in [0.4, 0.5) is 5.69 Å². The second kappa shape index (κ2) is 9.28. The van der Waals surface area contributed by atoms with E-state index in [1.807, 2.05) is 18.2 Å². The van der Waals surface area contributed by atoms with Crippen LogP contribution in [0.25, 0.3) is 10.2 Å². The summed E-state index contributed by atoms with van der Waals surface area (Å²) in [5.74, 6) is 0.933. The van der Waals surface area contributed by atoms with Gasteiger partial charge in [-0.25, -0.2) is 4.98 Å². The molecule has 2 amide bonds. The number of anilines is 1. The maximum Gasteiger partial charge on any atom is 0.248 e. The molecule has 0 spiro atoms. The van der Waals surface area contributed by atoms with Gasteiger partial charge in [-0.05, 0) is 49.2 Å². The quantitative estimate of drug-likeness (QED) is 0.630. The van der Waals surface area contributed by atoms with Gasteiger partial charge < -0.3 is 10.2 Å². The van der Waals surface area contributed by atoms with Crippen molar-refractivity contribution in [2.45, 2.75) is 25.3 Å². The number of carbonyl (C=O) groups is 2. The molecule has 152 valence electrons. The summed E-state index contributed by atoms with van der Waals surface area (Å²) < 4.78 is 1.16. The van der Waals surface area contributed by atoms with Crippen LogP contribution in [0.15, 0.2) is 48.5 Å². The molecule has 30 heavy (non-hydrogen) atoms. The molecule has 0 saturated carbocycles. The van der Waals surface area contributed by atoms with E-state index in [0.717, 1.165) is 21.6 Å². The lowest BCUT2D eigenvalue weighted by Crippen LogP contribution is -2.44. The number of para-hydroxylation sites is 1. The molecule has 1 fully saturated rings. The van der Waals surface area contributed by atoms with Gasteiger partial charge in [0.2, 0.25) is 11.8 Å². The normalized spacial score (nSPS) is 15.8. The third-order valence-electron chi connectivity index (χ3n) is 4.91. The zero-order valence-electron chi connectivity index (χ0n) is 16.2. The molecule has 0 radical (unpaired) electrons. The van der Waals surface area contributed by atoms with Gasteiger partial charge in [-0.3, -0.25) is 9.59 Å². The van der Waals surface area contributed by atoms with E-state index < -0.39 is 6.04 Å². The van der Waals surface area contributed by atoms with Crippen LogP contribution in [0.1, 0.15) is 23.4 Å². The van der Waals surface area contributed by atoms with Crippen molar-refractivity contribution in [3.05, 3.63) is 59.1 Å². The number of nitrogens with one attached hydrogen (secondary N) is 1. The number of thioether (sulfide) groups is 1. The van der Waals surface area contributed by atoms with Gasteiger partial charge in [0.25, 0.3) is 0 Å². The Balaban J connectivity index is 1.31. The van der Waals surface area contributed by atoms with Crippen LogP contribution >= 0.6 is 23.1 Å². The smallest absolute Gasteiger partial charge is 0.248 e. The SMILES string of the molecule is N#Cc1ccc(NC(=O)C2CSCN2C(=O)CCCc2nc3ccccc3s2)cc1. The van der Waals surface area contributed by atoms with Crippen LogP contribution < -0.4 is 5.32 Å². The van der Waals surface area contributed by atoms with E-state index in [9.17, 15) is 9.59 Å². The molecule has 1 aromatic heterocycles. The van der Waals surface area contributed by atoms with E-state index in [2.05, 4.69) is 22.4 Å². The molecule has 1 unspecified atom stereocenters. The first-order chi connectivity index (χ1) is 14.6. The van der Waals surface area contributed by atoms with Crippen LogP contribution in [0, 0.1) is 11.3 Å². The van der Waals surface area contributed by atoms with Gasteiger partial charge in [-0.15, -0.1) is 23.1 Å². The Labute approximate surface area is 182 Å². The molecule has 4 rings (SSSR count). The molecule has 0 aliphatic carbocycles. The van der Waals surface area contributed by atoms with Gasteiger partial charge in [0.15, 0.2) is 0 Å². The first-order valence-electron chi connectivity index (χ1n) is 9.67. The minimum absolute atomic E-state index is 0.00101. The minimum Gasteiger partial charge on any atom is -0.324 e. The number of nitriles is 1. The minimum atomic E-state index is -0.472. The Morgan fingerprint density at radius 1 is 1.20 bits per heavy atom. The molecule has 1 aliphatic rings. The number of amides is 2. The summed E-state index contributed by atoms with van der Waals surface area (Å²) in [5, 5.41) is 12.8. The molecule has 1 atom stereocenters. The summed E-state index contributed by atoms with van der Waals surface area (Å²) in [7, 11) is 0. The molecule has 6 nitrogen and oxygen atoms in total. The fourth-order valence-corrected chi connectivity index (χ4v) is 5.51. The Hall–Kier alpha value is -2.89. The Morgan fingerprint density at radius 2 is 2.00 bits per heavy atom. The average molecular weight is 437 g/mol. The summed E-state index contributed by atoms with van der Waals surface area (Å²) >= 11 is 3.25. The fourth-order valence-electron chi connectivity index (χ4n) is 3.32. The van der Waals surface area contributed by atoms with E-state index in [1.54, 1.807) is 52.3 Å². The summed E-state index contributed by atoms with van der Waals surface area (Å²) in [6, 6.07) is 16.3. The van der Waals surface area contributed by atoms with E-state index >= 15 is 0 Å². The molecule has 1 aliphatic heterocycles. The van der Waals surface area contributed by atoms with Crippen LogP contribution in [-0.2, 0) is 16.0 Å². The third-order valence-corrected chi connectivity index (χ3v) is 7.01. The second-order valence-corrected chi connectivity index (χ2v) is 9.10. The molecule has 8 heteroatoms. The Bertz CT molecular complexity index is 1070. The van der Waals surface area contributed by atoms with Gasteiger partial charge in [0.1, 0.15) is 6.04 Å². The summed E-state index contributed by atoms with van der Waals surface area (Å²) in [6.07, 6.45) is 1.87. The summed E-state index contributed by atoms with van der Waals surface area (Å²) in [5.41, 5.74) is 2.16. The number of hydrogen-bond donors (Lipinski definition) is 1. The van der Waals surface area contributed by atoms with Crippen molar-refractivity contribution in [3.63, 3.8) is 0 Å². The highest BCUT2D eigenvalue weighted by atomic mass is 32.2. The zero-order chi connectivity index (χ0) is 20.9. The standard InChI is InChI=1S/C22H20N4O2S2/c23-12-15-8-10-16(11-9-15)24-22(28)18-13-29-14-26(18)21(27)7-3-6-20-25-17-4-1-2-5-19(17)30-20/h1-2,4-5,8-11,18H,3,6-7,13-14H2,(H,24,28). The van der Waals surface area contributed by atoms with Crippen LogP contribution in [-0.4, -0.2) is 39.4 Å². The summed E-state index contributed by atoms with van der Waals surface area (Å²) in [6.45, 7) is 0. The van der Waals surface area contributed by atoms with Crippen molar-refractivity contribution >= 4 is 50.8 Å². The van der Waals surface area contributed by atoms with E-state index in [1.165, 1.54) is 0 Å². The molecule has 2 heterocycles. The molecular formula is C22H20N4O2S2. The van der Waals surface area contributed by atoms with E-state index in [4.69, 9.17) is 5.26 Å². The first kappa shape index (κ1) is 20.4. The molecule has 1 saturated heterocycles. The van der Waals surface area contributed by atoms with E-state index in [-0.39, 0.29) is 11.8 Å². The van der Waals surface area contributed by atoms with Gasteiger partial charge >= 0.3 is 0 Å². The highest BCUT2D eigenvalue weighted by molar-refractivity contribution is 7.99. The predicted octanol–water partition coefficient (Wildman–Crippen LogP) is 4.03. The fraction of sp³-hybridized carbons (Fsp3) is 0.273. The number of nitrogens with zero attached hydrogens (tertiary/aromatic N) is 3. The van der Waals surface area contributed by atoms with Crippen molar-refractivity contribution in [1.29, 1.82) is 5.26 Å². The molecule has 0 bridgehead atoms. The van der Waals surface area contributed by atoms with E-state index in [0.29, 0.717) is 35.7 Å². The lowest BCUT2D eigenvalue weighted by molar-refractivity contribution is -0.136. The number of hydrogen-bond acceptors (Lipinski definition) is 6. The second-order valence-electron chi connectivity index (χ2n) is 6.99. The number of thiazole rings is 1. The highest BCUT2D eigenvalue weighted by Crippen LogP contribution is 2.25. The molecule has 1 N–H and O–H groups in total. The van der Waals surface area contributed by atoms with Crippen molar-refractivity contribution in [2.75, 3.05) is 16.9 Å². The Morgan fingerprint density at radius 3 is 2.77 bits per heavy atom. The molecule has 3 aromatic rings. The molecule has 2 aromatic carbocycles. The number of aryl methyl sites for hydroxylation is 1. The summed E-state index contributed by atoms with van der Waals surface area (Å²) in [4.78, 5) is 31.7. The highest BCUT2D eigenvalue weighted by Gasteiger charge is 2.34. The molecular weight excluding hydrogens is 416 g/mol. The third kappa shape index (κ3) is 4.64. The maximum atomic E-state index is 12.7. The topological polar surface area (TPSA) is 86.1 Å². The number of fused-ring (bicyclic) bond motifs is 1. The van der Waals surface area contributed by atoms with Crippen molar-refractivity contribution < 1.29 is 9.59 Å². The largest absolute Gasteiger partial charge is 0.324 e. The van der Waals surface area contributed by atoms with Crippen LogP contribution in [0.2, 0.25) is 0 Å². The number of rotatable bonds is 6.